The Balaban J connectivity index is 1.81. The van der Waals surface area contributed by atoms with Crippen molar-refractivity contribution in [1.29, 1.82) is 0 Å². The van der Waals surface area contributed by atoms with Gasteiger partial charge in [-0.15, -0.1) is 0 Å². The Labute approximate surface area is 155 Å². The van der Waals surface area contributed by atoms with Crippen molar-refractivity contribution in [3.63, 3.8) is 0 Å². The van der Waals surface area contributed by atoms with Gasteiger partial charge in [0.05, 0.1) is 24.2 Å². The molecule has 0 unspecified atom stereocenters. The second kappa shape index (κ2) is 7.92. The third kappa shape index (κ3) is 4.35. The summed E-state index contributed by atoms with van der Waals surface area (Å²) in [7, 11) is -3.60. The summed E-state index contributed by atoms with van der Waals surface area (Å²) in [6.07, 6.45) is 0. The summed E-state index contributed by atoms with van der Waals surface area (Å²) in [4.78, 5) is 2.53. The average Bonchev–Trinajstić information content (AvgIpc) is 3.04. The third-order valence-electron chi connectivity index (χ3n) is 4.68. The molecule has 2 aromatic rings. The molecule has 0 aliphatic carbocycles. The zero-order valence-corrected chi connectivity index (χ0v) is 16.3. The van der Waals surface area contributed by atoms with E-state index in [4.69, 9.17) is 9.15 Å². The van der Waals surface area contributed by atoms with E-state index < -0.39 is 10.0 Å². The molecule has 142 valence electrons. The highest BCUT2D eigenvalue weighted by molar-refractivity contribution is 7.89. The first-order valence-electron chi connectivity index (χ1n) is 8.82. The van der Waals surface area contributed by atoms with E-state index in [1.807, 2.05) is 45.0 Å². The number of aryl methyl sites for hydroxylation is 3. The van der Waals surface area contributed by atoms with Crippen LogP contribution in [0, 0.1) is 20.8 Å². The van der Waals surface area contributed by atoms with E-state index in [0.29, 0.717) is 18.1 Å². The molecule has 0 amide bonds. The fourth-order valence-electron chi connectivity index (χ4n) is 3.19. The van der Waals surface area contributed by atoms with Gasteiger partial charge in [0, 0.05) is 19.6 Å². The molecule has 26 heavy (non-hydrogen) atoms. The predicted octanol–water partition coefficient (Wildman–Crippen LogP) is 2.56. The van der Waals surface area contributed by atoms with Gasteiger partial charge in [0.15, 0.2) is 0 Å². The van der Waals surface area contributed by atoms with E-state index >= 15 is 0 Å². The summed E-state index contributed by atoms with van der Waals surface area (Å²) in [6, 6.07) is 9.12. The van der Waals surface area contributed by atoms with Crippen LogP contribution >= 0.6 is 0 Å². The van der Waals surface area contributed by atoms with Gasteiger partial charge in [-0.1, -0.05) is 12.1 Å². The number of nitrogens with zero attached hydrogens (tertiary/aromatic N) is 1. The largest absolute Gasteiger partial charge is 0.465 e. The first kappa shape index (κ1) is 19.1. The lowest BCUT2D eigenvalue weighted by atomic mass is 10.2. The summed E-state index contributed by atoms with van der Waals surface area (Å²) in [5.74, 6) is 1.59. The monoisotopic (exact) mass is 378 g/mol. The Morgan fingerprint density at radius 3 is 2.50 bits per heavy atom. The second-order valence-corrected chi connectivity index (χ2v) is 8.47. The fraction of sp³-hybridized carbons (Fsp3) is 0.474. The number of rotatable bonds is 6. The van der Waals surface area contributed by atoms with Crippen molar-refractivity contribution >= 4 is 10.0 Å². The lowest BCUT2D eigenvalue weighted by Crippen LogP contribution is -2.43. The number of morpholine rings is 1. The van der Waals surface area contributed by atoms with Crippen LogP contribution in [0.4, 0.5) is 0 Å². The highest BCUT2D eigenvalue weighted by atomic mass is 32.2. The minimum Gasteiger partial charge on any atom is -0.465 e. The molecule has 1 atom stereocenters. The van der Waals surface area contributed by atoms with Gasteiger partial charge in [0.2, 0.25) is 10.0 Å². The number of nitrogens with one attached hydrogen (secondary N) is 1. The first-order valence-corrected chi connectivity index (χ1v) is 10.3. The van der Waals surface area contributed by atoms with Crippen LogP contribution in [-0.2, 0) is 14.8 Å². The average molecular weight is 378 g/mol. The van der Waals surface area contributed by atoms with Crippen LogP contribution in [0.15, 0.2) is 39.6 Å². The quantitative estimate of drug-likeness (QED) is 0.836. The molecule has 6 nitrogen and oxygen atoms in total. The Kier molecular flexibility index (Phi) is 5.82. The maximum absolute atomic E-state index is 12.8. The molecule has 2 heterocycles. The highest BCUT2D eigenvalue weighted by Crippen LogP contribution is 2.24. The topological polar surface area (TPSA) is 71.8 Å². The van der Waals surface area contributed by atoms with E-state index in [0.717, 1.165) is 35.7 Å². The van der Waals surface area contributed by atoms with Gasteiger partial charge in [0.1, 0.15) is 11.5 Å². The zero-order chi connectivity index (χ0) is 18.7. The number of benzene rings is 1. The Morgan fingerprint density at radius 1 is 1.12 bits per heavy atom. The number of ether oxygens (including phenoxy) is 1. The fourth-order valence-corrected chi connectivity index (χ4v) is 4.56. The lowest BCUT2D eigenvalue weighted by molar-refractivity contribution is 0.0127. The van der Waals surface area contributed by atoms with Crippen LogP contribution in [0.1, 0.15) is 28.7 Å². The molecule has 1 aromatic heterocycles. The Hall–Kier alpha value is -1.67. The molecule has 3 rings (SSSR count). The second-order valence-electron chi connectivity index (χ2n) is 6.73. The van der Waals surface area contributed by atoms with Crippen LogP contribution in [0.2, 0.25) is 0 Å². The van der Waals surface area contributed by atoms with Gasteiger partial charge in [-0.05, 0) is 50.1 Å². The molecule has 0 bridgehead atoms. The van der Waals surface area contributed by atoms with Crippen molar-refractivity contribution in [1.82, 2.24) is 9.62 Å². The normalized spacial score (nSPS) is 17.3. The zero-order valence-electron chi connectivity index (χ0n) is 15.5. The lowest BCUT2D eigenvalue weighted by Gasteiger charge is -2.33. The van der Waals surface area contributed by atoms with Crippen molar-refractivity contribution in [2.24, 2.45) is 0 Å². The molecule has 0 radical (unpaired) electrons. The smallest absolute Gasteiger partial charge is 0.240 e. The van der Waals surface area contributed by atoms with Gasteiger partial charge in [-0.3, -0.25) is 4.90 Å². The predicted molar refractivity (Wildman–Crippen MR) is 99.7 cm³/mol. The molecule has 0 spiro atoms. The third-order valence-corrected chi connectivity index (χ3v) is 6.24. The molecule has 1 saturated heterocycles. The molecule has 1 aromatic carbocycles. The molecule has 1 N–H and O–H groups in total. The summed E-state index contributed by atoms with van der Waals surface area (Å²) in [5.41, 5.74) is 1.65. The van der Waals surface area contributed by atoms with Crippen LogP contribution in [0.3, 0.4) is 0 Å². The highest BCUT2D eigenvalue weighted by Gasteiger charge is 2.27. The van der Waals surface area contributed by atoms with E-state index in [9.17, 15) is 8.42 Å². The van der Waals surface area contributed by atoms with Crippen molar-refractivity contribution in [2.75, 3.05) is 32.8 Å². The van der Waals surface area contributed by atoms with Crippen molar-refractivity contribution in [3.05, 3.63) is 53.0 Å². The molecular weight excluding hydrogens is 352 g/mol. The van der Waals surface area contributed by atoms with Crippen LogP contribution in [0.5, 0.6) is 0 Å². The van der Waals surface area contributed by atoms with E-state index in [1.165, 1.54) is 0 Å². The van der Waals surface area contributed by atoms with Gasteiger partial charge in [-0.25, -0.2) is 13.1 Å². The van der Waals surface area contributed by atoms with E-state index in [2.05, 4.69) is 9.62 Å². The van der Waals surface area contributed by atoms with E-state index in [-0.39, 0.29) is 12.6 Å². The molecule has 1 aliphatic heterocycles. The molecule has 0 saturated carbocycles. The summed E-state index contributed by atoms with van der Waals surface area (Å²) < 4.78 is 39.7. The maximum atomic E-state index is 12.8. The maximum Gasteiger partial charge on any atom is 0.240 e. The summed E-state index contributed by atoms with van der Waals surface area (Å²) in [6.45, 7) is 8.61. The molecule has 1 aliphatic rings. The van der Waals surface area contributed by atoms with E-state index in [1.54, 1.807) is 6.07 Å². The van der Waals surface area contributed by atoms with Gasteiger partial charge in [0.25, 0.3) is 0 Å². The Morgan fingerprint density at radius 2 is 1.85 bits per heavy atom. The standard InChI is InChI=1S/C19H26N2O4S/c1-14-4-5-15(2)19(12-14)26(22,23)20-13-17(18-7-6-16(3)25-18)21-8-10-24-11-9-21/h4-7,12,17,20H,8-11,13H2,1-3H3/t17-/m1/s1. The van der Waals surface area contributed by atoms with Crippen LogP contribution in [-0.4, -0.2) is 46.2 Å². The number of furan rings is 1. The van der Waals surface area contributed by atoms with Crippen molar-refractivity contribution < 1.29 is 17.6 Å². The number of sulfonamides is 1. The number of hydrogen-bond donors (Lipinski definition) is 1. The van der Waals surface area contributed by atoms with Crippen molar-refractivity contribution in [2.45, 2.75) is 31.7 Å². The summed E-state index contributed by atoms with van der Waals surface area (Å²) in [5, 5.41) is 0. The van der Waals surface area contributed by atoms with Gasteiger partial charge in [-0.2, -0.15) is 0 Å². The minimum absolute atomic E-state index is 0.160. The van der Waals surface area contributed by atoms with Crippen molar-refractivity contribution in [3.8, 4) is 0 Å². The van der Waals surface area contributed by atoms with Gasteiger partial charge >= 0.3 is 0 Å². The SMILES string of the molecule is Cc1ccc(C)c(S(=O)(=O)NC[C@H](c2ccc(C)o2)N2CCOCC2)c1. The molecule has 7 heteroatoms. The van der Waals surface area contributed by atoms with Crippen LogP contribution in [0.25, 0.3) is 0 Å². The van der Waals surface area contributed by atoms with Crippen LogP contribution < -0.4 is 4.72 Å². The van der Waals surface area contributed by atoms with Gasteiger partial charge < -0.3 is 9.15 Å². The number of hydrogen-bond acceptors (Lipinski definition) is 5. The first-order chi connectivity index (χ1) is 12.4. The summed E-state index contributed by atoms with van der Waals surface area (Å²) >= 11 is 0. The Bertz CT molecular complexity index is 854. The minimum atomic E-state index is -3.60. The molecule has 1 fully saturated rings. The molecular formula is C19H26N2O4S.